The lowest BCUT2D eigenvalue weighted by Gasteiger charge is -2.07. The Balaban J connectivity index is 0.000000921. The molecule has 0 aliphatic carbocycles. The highest BCUT2D eigenvalue weighted by Gasteiger charge is 2.05. The maximum atomic E-state index is 12.0. The molecule has 0 aliphatic rings. The standard InChI is InChI=1S/C11H13FO.C2H6/c1-4-9-7-10(8(2)3)5-6-11(9)13-12;1-2/h4-8H,1H2,2-3H3;1-2H3. The summed E-state index contributed by atoms with van der Waals surface area (Å²) in [5.74, 6) is 0.645. The maximum absolute atomic E-state index is 12.0. The van der Waals surface area contributed by atoms with Gasteiger partial charge in [0, 0.05) is 10.1 Å². The molecule has 0 aliphatic heterocycles. The normalized spacial score (nSPS) is 9.20. The number of halogens is 1. The van der Waals surface area contributed by atoms with Crippen molar-refractivity contribution in [2.45, 2.75) is 33.6 Å². The molecule has 0 heterocycles. The molecule has 0 radical (unpaired) electrons. The Hall–Kier alpha value is -1.31. The van der Waals surface area contributed by atoms with E-state index < -0.39 is 0 Å². The van der Waals surface area contributed by atoms with E-state index in [1.165, 1.54) is 0 Å². The van der Waals surface area contributed by atoms with Crippen LogP contribution < -0.4 is 4.94 Å². The largest absolute Gasteiger partial charge is 0.294 e. The van der Waals surface area contributed by atoms with Gasteiger partial charge < -0.3 is 0 Å². The Morgan fingerprint density at radius 1 is 1.33 bits per heavy atom. The maximum Gasteiger partial charge on any atom is 0.179 e. The van der Waals surface area contributed by atoms with Crippen LogP contribution in [0.2, 0.25) is 0 Å². The summed E-state index contributed by atoms with van der Waals surface area (Å²) in [7, 11) is 0. The van der Waals surface area contributed by atoms with E-state index in [0.29, 0.717) is 11.5 Å². The van der Waals surface area contributed by atoms with Gasteiger partial charge in [0.05, 0.1) is 0 Å². The lowest BCUT2D eigenvalue weighted by atomic mass is 10.0. The SMILES string of the molecule is C=Cc1cc(C(C)C)ccc1OF.CC. The van der Waals surface area contributed by atoms with Crippen molar-refractivity contribution >= 4 is 6.08 Å². The van der Waals surface area contributed by atoms with Crippen LogP contribution in [-0.4, -0.2) is 0 Å². The highest BCUT2D eigenvalue weighted by Crippen LogP contribution is 2.25. The molecule has 0 saturated heterocycles. The summed E-state index contributed by atoms with van der Waals surface area (Å²) in [6.07, 6.45) is 1.58. The predicted octanol–water partition coefficient (Wildman–Crippen LogP) is 4.74. The van der Waals surface area contributed by atoms with Gasteiger partial charge in [-0.3, -0.25) is 4.94 Å². The van der Waals surface area contributed by atoms with Gasteiger partial charge in [0.2, 0.25) is 0 Å². The number of benzene rings is 1. The van der Waals surface area contributed by atoms with Gasteiger partial charge in [-0.05, 0) is 23.6 Å². The zero-order chi connectivity index (χ0) is 11.8. The van der Waals surface area contributed by atoms with E-state index in [1.807, 2.05) is 26.0 Å². The minimum absolute atomic E-state index is 0.222. The zero-order valence-electron chi connectivity index (χ0n) is 9.88. The molecule has 1 nitrogen and oxygen atoms in total. The van der Waals surface area contributed by atoms with Crippen molar-refractivity contribution in [2.75, 3.05) is 0 Å². The first-order chi connectivity index (χ1) is 7.19. The van der Waals surface area contributed by atoms with Gasteiger partial charge in [-0.1, -0.05) is 46.4 Å². The first-order valence-electron chi connectivity index (χ1n) is 5.24. The average Bonchev–Trinajstić information content (AvgIpc) is 2.30. The Kier molecular flexibility index (Phi) is 6.43. The molecule has 0 unspecified atom stereocenters. The summed E-state index contributed by atoms with van der Waals surface area (Å²) in [5.41, 5.74) is 1.84. The Bertz CT molecular complexity index is 305. The van der Waals surface area contributed by atoms with Crippen molar-refractivity contribution in [2.24, 2.45) is 0 Å². The number of hydrogen-bond acceptors (Lipinski definition) is 1. The van der Waals surface area contributed by atoms with Crippen LogP contribution in [0, 0.1) is 0 Å². The van der Waals surface area contributed by atoms with Gasteiger partial charge in [0.25, 0.3) is 0 Å². The topological polar surface area (TPSA) is 9.23 Å². The fourth-order valence-electron chi connectivity index (χ4n) is 1.16. The molecule has 0 spiro atoms. The van der Waals surface area contributed by atoms with E-state index in [0.717, 1.165) is 5.56 Å². The fourth-order valence-corrected chi connectivity index (χ4v) is 1.16. The van der Waals surface area contributed by atoms with Gasteiger partial charge in [0.1, 0.15) is 0 Å². The predicted molar refractivity (Wildman–Crippen MR) is 63.7 cm³/mol. The Morgan fingerprint density at radius 3 is 2.33 bits per heavy atom. The van der Waals surface area contributed by atoms with Crippen molar-refractivity contribution in [3.63, 3.8) is 0 Å². The molecule has 0 amide bonds. The minimum Gasteiger partial charge on any atom is -0.294 e. The van der Waals surface area contributed by atoms with Crippen LogP contribution in [0.25, 0.3) is 6.08 Å². The molecule has 1 aromatic rings. The van der Waals surface area contributed by atoms with Crippen molar-refractivity contribution in [3.8, 4) is 5.75 Å². The third-order valence-corrected chi connectivity index (χ3v) is 2.00. The molecule has 1 aromatic carbocycles. The van der Waals surface area contributed by atoms with Gasteiger partial charge in [-0.15, -0.1) is 0 Å². The van der Waals surface area contributed by atoms with E-state index in [9.17, 15) is 4.53 Å². The molecule has 0 fully saturated rings. The monoisotopic (exact) mass is 210 g/mol. The molecule has 15 heavy (non-hydrogen) atoms. The highest BCUT2D eigenvalue weighted by atomic mass is 19.3. The van der Waals surface area contributed by atoms with Crippen LogP contribution in [0.15, 0.2) is 24.8 Å². The fraction of sp³-hybridized carbons (Fsp3) is 0.385. The first kappa shape index (κ1) is 13.7. The van der Waals surface area contributed by atoms with E-state index in [2.05, 4.69) is 25.4 Å². The van der Waals surface area contributed by atoms with Crippen molar-refractivity contribution in [3.05, 3.63) is 35.9 Å². The zero-order valence-corrected chi connectivity index (χ0v) is 9.88. The second-order valence-electron chi connectivity index (χ2n) is 3.23. The lowest BCUT2D eigenvalue weighted by Crippen LogP contribution is -1.89. The Labute approximate surface area is 91.5 Å². The quantitative estimate of drug-likeness (QED) is 0.700. The third kappa shape index (κ3) is 3.74. The molecule has 0 aromatic heterocycles. The van der Waals surface area contributed by atoms with Crippen LogP contribution in [0.4, 0.5) is 4.53 Å². The number of hydrogen-bond donors (Lipinski definition) is 0. The van der Waals surface area contributed by atoms with Crippen LogP contribution in [0.1, 0.15) is 44.7 Å². The molecule has 1 rings (SSSR count). The number of rotatable bonds is 3. The first-order valence-corrected chi connectivity index (χ1v) is 5.24. The van der Waals surface area contributed by atoms with Gasteiger partial charge >= 0.3 is 0 Å². The molecule has 0 bridgehead atoms. The minimum atomic E-state index is 0.222. The van der Waals surface area contributed by atoms with Gasteiger partial charge in [0.15, 0.2) is 5.75 Å². The molecule has 0 saturated carbocycles. The molecular formula is C13H19FO. The third-order valence-electron chi connectivity index (χ3n) is 2.00. The average molecular weight is 210 g/mol. The van der Waals surface area contributed by atoms with Crippen LogP contribution in [0.5, 0.6) is 5.75 Å². The van der Waals surface area contributed by atoms with E-state index in [4.69, 9.17) is 0 Å². The van der Waals surface area contributed by atoms with Crippen LogP contribution in [0.3, 0.4) is 0 Å². The summed E-state index contributed by atoms with van der Waals surface area (Å²) >= 11 is 0. The summed E-state index contributed by atoms with van der Waals surface area (Å²) in [4.78, 5) is 3.70. The summed E-state index contributed by atoms with van der Waals surface area (Å²) in [6.45, 7) is 11.8. The molecular weight excluding hydrogens is 191 g/mol. The Morgan fingerprint density at radius 2 is 1.93 bits per heavy atom. The van der Waals surface area contributed by atoms with E-state index in [-0.39, 0.29) is 5.75 Å². The van der Waals surface area contributed by atoms with Crippen LogP contribution in [-0.2, 0) is 0 Å². The highest BCUT2D eigenvalue weighted by molar-refractivity contribution is 5.57. The van der Waals surface area contributed by atoms with E-state index in [1.54, 1.807) is 12.1 Å². The molecule has 0 N–H and O–H groups in total. The lowest BCUT2D eigenvalue weighted by molar-refractivity contribution is -0.00647. The van der Waals surface area contributed by atoms with Crippen LogP contribution >= 0.6 is 0 Å². The summed E-state index contributed by atoms with van der Waals surface area (Å²) < 4.78 is 12.0. The van der Waals surface area contributed by atoms with Crippen molar-refractivity contribution in [1.29, 1.82) is 0 Å². The summed E-state index contributed by atoms with van der Waals surface area (Å²) in [6, 6.07) is 5.35. The summed E-state index contributed by atoms with van der Waals surface area (Å²) in [5, 5.41) is 0. The van der Waals surface area contributed by atoms with Gasteiger partial charge in [-0.2, -0.15) is 0 Å². The van der Waals surface area contributed by atoms with Crippen molar-refractivity contribution in [1.82, 2.24) is 0 Å². The molecule has 2 heteroatoms. The smallest absolute Gasteiger partial charge is 0.179 e. The van der Waals surface area contributed by atoms with E-state index >= 15 is 0 Å². The molecule has 0 atom stereocenters. The molecule has 84 valence electrons. The second kappa shape index (κ2) is 7.04. The van der Waals surface area contributed by atoms with Crippen molar-refractivity contribution < 1.29 is 9.47 Å². The van der Waals surface area contributed by atoms with Gasteiger partial charge in [-0.25, -0.2) is 0 Å². The second-order valence-corrected chi connectivity index (χ2v) is 3.23.